The van der Waals surface area contributed by atoms with Crippen molar-refractivity contribution < 1.29 is 0 Å². The van der Waals surface area contributed by atoms with Crippen molar-refractivity contribution in [3.8, 4) is 0 Å². The molecule has 2 heterocycles. The number of nitrogens with one attached hydrogen (secondary N) is 1. The van der Waals surface area contributed by atoms with Crippen LogP contribution < -0.4 is 5.32 Å². The average molecular weight is 278 g/mol. The Morgan fingerprint density at radius 2 is 2.20 bits per heavy atom. The minimum Gasteiger partial charge on any atom is -0.311 e. The maximum absolute atomic E-state index is 4.65. The fourth-order valence-electron chi connectivity index (χ4n) is 3.08. The molecule has 20 heavy (non-hydrogen) atoms. The molecule has 1 saturated heterocycles. The topological polar surface area (TPSA) is 33.1 Å². The van der Waals surface area contributed by atoms with Crippen LogP contribution in [0.3, 0.4) is 0 Å². The van der Waals surface area contributed by atoms with E-state index in [2.05, 4.69) is 53.8 Å². The molecule has 0 amide bonds. The second kappa shape index (κ2) is 7.23. The number of rotatable bonds is 6. The molecule has 0 aromatic carbocycles. The van der Waals surface area contributed by atoms with Crippen molar-refractivity contribution in [3.05, 3.63) is 17.5 Å². The van der Waals surface area contributed by atoms with Crippen molar-refractivity contribution in [3.63, 3.8) is 0 Å². The number of nitrogens with zero attached hydrogens (tertiary/aromatic N) is 3. The summed E-state index contributed by atoms with van der Waals surface area (Å²) in [4.78, 5) is 2.58. The molecule has 1 aliphatic heterocycles. The Kier molecular flexibility index (Phi) is 5.61. The van der Waals surface area contributed by atoms with E-state index in [1.807, 2.05) is 0 Å². The van der Waals surface area contributed by atoms with Crippen molar-refractivity contribution in [2.45, 2.75) is 59.7 Å². The molecule has 1 unspecified atom stereocenters. The third-order valence-electron chi connectivity index (χ3n) is 4.06. The summed E-state index contributed by atoms with van der Waals surface area (Å²) in [7, 11) is 0. The Bertz CT molecular complexity index is 411. The zero-order valence-electron chi connectivity index (χ0n) is 13.5. The van der Waals surface area contributed by atoms with E-state index < -0.39 is 0 Å². The first kappa shape index (κ1) is 15.5. The van der Waals surface area contributed by atoms with Gasteiger partial charge in [0.15, 0.2) is 0 Å². The molecule has 0 saturated carbocycles. The lowest BCUT2D eigenvalue weighted by molar-refractivity contribution is 0.175. The normalized spacial score (nSPS) is 20.8. The van der Waals surface area contributed by atoms with E-state index in [1.165, 1.54) is 17.8 Å². The maximum atomic E-state index is 4.65. The summed E-state index contributed by atoms with van der Waals surface area (Å²) in [5.74, 6) is 0.764. The van der Waals surface area contributed by atoms with Crippen LogP contribution in [0.2, 0.25) is 0 Å². The number of hydrogen-bond donors (Lipinski definition) is 1. The minimum atomic E-state index is 0.646. The standard InChI is InChI=1S/C16H30N4/c1-5-14-10-16(20(6-2)18-14)12-19-8-7-17-15(11-19)9-13(3)4/h10,13,15,17H,5-9,11-12H2,1-4H3. The molecular weight excluding hydrogens is 248 g/mol. The predicted molar refractivity (Wildman–Crippen MR) is 83.8 cm³/mol. The lowest BCUT2D eigenvalue weighted by Crippen LogP contribution is -2.50. The van der Waals surface area contributed by atoms with Gasteiger partial charge in [0.25, 0.3) is 0 Å². The van der Waals surface area contributed by atoms with Crippen LogP contribution in [0.15, 0.2) is 6.07 Å². The van der Waals surface area contributed by atoms with Gasteiger partial charge in [-0.2, -0.15) is 5.10 Å². The van der Waals surface area contributed by atoms with E-state index >= 15 is 0 Å². The van der Waals surface area contributed by atoms with Crippen LogP contribution in [0.25, 0.3) is 0 Å². The van der Waals surface area contributed by atoms with Crippen LogP contribution in [0.4, 0.5) is 0 Å². The third kappa shape index (κ3) is 4.06. The fourth-order valence-corrected chi connectivity index (χ4v) is 3.08. The zero-order chi connectivity index (χ0) is 14.5. The van der Waals surface area contributed by atoms with E-state index in [1.54, 1.807) is 0 Å². The summed E-state index contributed by atoms with van der Waals surface area (Å²) in [5.41, 5.74) is 2.59. The van der Waals surface area contributed by atoms with Crippen molar-refractivity contribution in [1.82, 2.24) is 20.0 Å². The fraction of sp³-hybridized carbons (Fsp3) is 0.812. The van der Waals surface area contributed by atoms with Gasteiger partial charge in [-0.1, -0.05) is 20.8 Å². The first-order valence-electron chi connectivity index (χ1n) is 8.13. The molecule has 1 N–H and O–H groups in total. The summed E-state index contributed by atoms with van der Waals surface area (Å²) < 4.78 is 2.16. The first-order valence-corrected chi connectivity index (χ1v) is 8.13. The zero-order valence-corrected chi connectivity index (χ0v) is 13.5. The van der Waals surface area contributed by atoms with Crippen molar-refractivity contribution in [2.24, 2.45) is 5.92 Å². The Balaban J connectivity index is 1.96. The summed E-state index contributed by atoms with van der Waals surface area (Å²) in [5, 5.41) is 8.30. The molecule has 4 nitrogen and oxygen atoms in total. The molecule has 1 aromatic rings. The van der Waals surface area contributed by atoms with Gasteiger partial charge in [-0.25, -0.2) is 0 Å². The molecule has 0 bridgehead atoms. The van der Waals surface area contributed by atoms with Crippen LogP contribution in [-0.4, -0.2) is 40.4 Å². The highest BCUT2D eigenvalue weighted by Crippen LogP contribution is 2.14. The third-order valence-corrected chi connectivity index (χ3v) is 4.06. The van der Waals surface area contributed by atoms with Gasteiger partial charge < -0.3 is 5.32 Å². The molecule has 1 aromatic heterocycles. The number of aryl methyl sites for hydroxylation is 2. The molecule has 0 aliphatic carbocycles. The van der Waals surface area contributed by atoms with Gasteiger partial charge in [0.05, 0.1) is 11.4 Å². The summed E-state index contributed by atoms with van der Waals surface area (Å²) >= 11 is 0. The van der Waals surface area contributed by atoms with Gasteiger partial charge in [-0.05, 0) is 31.7 Å². The van der Waals surface area contributed by atoms with E-state index in [0.717, 1.165) is 45.1 Å². The van der Waals surface area contributed by atoms with E-state index in [9.17, 15) is 0 Å². The number of aromatic nitrogens is 2. The number of hydrogen-bond acceptors (Lipinski definition) is 3. The highest BCUT2D eigenvalue weighted by Gasteiger charge is 2.21. The summed E-state index contributed by atoms with van der Waals surface area (Å²) in [6.45, 7) is 14.4. The Hall–Kier alpha value is -0.870. The molecule has 0 spiro atoms. The molecule has 114 valence electrons. The Morgan fingerprint density at radius 1 is 1.40 bits per heavy atom. The SMILES string of the molecule is CCc1cc(CN2CCNC(CC(C)C)C2)n(CC)n1. The van der Waals surface area contributed by atoms with Crippen LogP contribution in [0.1, 0.15) is 45.5 Å². The Morgan fingerprint density at radius 3 is 2.85 bits per heavy atom. The quantitative estimate of drug-likeness (QED) is 0.866. The molecule has 1 atom stereocenters. The first-order chi connectivity index (χ1) is 9.62. The van der Waals surface area contributed by atoms with Gasteiger partial charge in [-0.15, -0.1) is 0 Å². The molecule has 2 rings (SSSR count). The average Bonchev–Trinajstić information content (AvgIpc) is 2.80. The highest BCUT2D eigenvalue weighted by molar-refractivity contribution is 5.10. The second-order valence-corrected chi connectivity index (χ2v) is 6.31. The van der Waals surface area contributed by atoms with E-state index in [4.69, 9.17) is 0 Å². The van der Waals surface area contributed by atoms with Gasteiger partial charge in [0, 0.05) is 38.8 Å². The van der Waals surface area contributed by atoms with Crippen molar-refractivity contribution in [1.29, 1.82) is 0 Å². The highest BCUT2D eigenvalue weighted by atomic mass is 15.3. The molecular formula is C16H30N4. The van der Waals surface area contributed by atoms with E-state index in [0.29, 0.717) is 6.04 Å². The Labute approximate surface area is 123 Å². The van der Waals surface area contributed by atoms with Gasteiger partial charge in [0.2, 0.25) is 0 Å². The van der Waals surface area contributed by atoms with Crippen LogP contribution in [0, 0.1) is 5.92 Å². The van der Waals surface area contributed by atoms with Crippen LogP contribution in [0.5, 0.6) is 0 Å². The summed E-state index contributed by atoms with van der Waals surface area (Å²) in [6.07, 6.45) is 2.29. The molecule has 1 aliphatic rings. The molecule has 0 radical (unpaired) electrons. The minimum absolute atomic E-state index is 0.646. The largest absolute Gasteiger partial charge is 0.311 e. The van der Waals surface area contributed by atoms with Crippen molar-refractivity contribution in [2.75, 3.05) is 19.6 Å². The number of piperazine rings is 1. The lowest BCUT2D eigenvalue weighted by atomic mass is 10.0. The van der Waals surface area contributed by atoms with Gasteiger partial charge in [-0.3, -0.25) is 9.58 Å². The second-order valence-electron chi connectivity index (χ2n) is 6.31. The molecule has 1 fully saturated rings. The lowest BCUT2D eigenvalue weighted by Gasteiger charge is -2.34. The predicted octanol–water partition coefficient (Wildman–Crippen LogP) is 2.29. The summed E-state index contributed by atoms with van der Waals surface area (Å²) in [6, 6.07) is 2.93. The van der Waals surface area contributed by atoms with Crippen molar-refractivity contribution >= 4 is 0 Å². The van der Waals surface area contributed by atoms with Gasteiger partial charge >= 0.3 is 0 Å². The van der Waals surface area contributed by atoms with Gasteiger partial charge in [0.1, 0.15) is 0 Å². The maximum Gasteiger partial charge on any atom is 0.0625 e. The smallest absolute Gasteiger partial charge is 0.0625 e. The van der Waals surface area contributed by atoms with Crippen LogP contribution >= 0.6 is 0 Å². The monoisotopic (exact) mass is 278 g/mol. The van der Waals surface area contributed by atoms with Crippen LogP contribution in [-0.2, 0) is 19.5 Å². The van der Waals surface area contributed by atoms with E-state index in [-0.39, 0.29) is 0 Å². The molecule has 4 heteroatoms.